The molecule has 0 aliphatic heterocycles. The predicted octanol–water partition coefficient (Wildman–Crippen LogP) is 2.59. The smallest absolute Gasteiger partial charge is 0.276 e. The van der Waals surface area contributed by atoms with Crippen LogP contribution in [0, 0.1) is 18.3 Å². The van der Waals surface area contributed by atoms with Gasteiger partial charge in [-0.3, -0.25) is 9.89 Å². The molecule has 3 heterocycles. The summed E-state index contributed by atoms with van der Waals surface area (Å²) in [7, 11) is 0. The number of aromatic amines is 1. The van der Waals surface area contributed by atoms with Crippen LogP contribution in [0.15, 0.2) is 27.5 Å². The van der Waals surface area contributed by atoms with Crippen LogP contribution in [0.5, 0.6) is 0 Å². The van der Waals surface area contributed by atoms with Crippen molar-refractivity contribution in [2.24, 2.45) is 0 Å². The number of hydrogen-bond donors (Lipinski definition) is 1. The second-order valence-corrected chi connectivity index (χ2v) is 5.20. The van der Waals surface area contributed by atoms with Crippen LogP contribution < -0.4 is 5.56 Å². The van der Waals surface area contributed by atoms with Gasteiger partial charge in [0.2, 0.25) is 0 Å². The summed E-state index contributed by atoms with van der Waals surface area (Å²) >= 11 is 0. The monoisotopic (exact) mass is 282 g/mol. The van der Waals surface area contributed by atoms with E-state index in [4.69, 9.17) is 9.68 Å². The summed E-state index contributed by atoms with van der Waals surface area (Å²) in [6.07, 6.45) is 1.48. The SMILES string of the molecule is Cc1ccc(-c2nc3c(C#N)c[nH]n3c(=O)c2C(C)C)o1. The summed E-state index contributed by atoms with van der Waals surface area (Å²) < 4.78 is 6.91. The van der Waals surface area contributed by atoms with Gasteiger partial charge >= 0.3 is 0 Å². The molecule has 0 amide bonds. The highest BCUT2D eigenvalue weighted by molar-refractivity contribution is 5.64. The van der Waals surface area contributed by atoms with Crippen LogP contribution in [-0.2, 0) is 0 Å². The maximum atomic E-state index is 12.6. The lowest BCUT2D eigenvalue weighted by Crippen LogP contribution is -2.22. The first-order chi connectivity index (χ1) is 10.0. The van der Waals surface area contributed by atoms with Gasteiger partial charge < -0.3 is 4.42 Å². The van der Waals surface area contributed by atoms with E-state index in [-0.39, 0.29) is 11.5 Å². The minimum Gasteiger partial charge on any atom is -0.460 e. The molecule has 1 N–H and O–H groups in total. The lowest BCUT2D eigenvalue weighted by Gasteiger charge is -2.10. The molecular formula is C15H14N4O2. The normalized spacial score (nSPS) is 11.2. The number of fused-ring (bicyclic) bond motifs is 1. The first kappa shape index (κ1) is 13.2. The first-order valence-corrected chi connectivity index (χ1v) is 6.64. The lowest BCUT2D eigenvalue weighted by atomic mass is 10.0. The quantitative estimate of drug-likeness (QED) is 0.782. The molecule has 0 aromatic carbocycles. The second-order valence-electron chi connectivity index (χ2n) is 5.20. The van der Waals surface area contributed by atoms with E-state index < -0.39 is 0 Å². The molecule has 0 unspecified atom stereocenters. The van der Waals surface area contributed by atoms with Crippen LogP contribution in [0.3, 0.4) is 0 Å². The fourth-order valence-electron chi connectivity index (χ4n) is 2.38. The molecule has 3 aromatic rings. The van der Waals surface area contributed by atoms with E-state index in [9.17, 15) is 4.79 Å². The Morgan fingerprint density at radius 1 is 1.43 bits per heavy atom. The number of H-pyrrole nitrogens is 1. The Hall–Kier alpha value is -2.81. The molecular weight excluding hydrogens is 268 g/mol. The maximum Gasteiger partial charge on any atom is 0.276 e. The highest BCUT2D eigenvalue weighted by Gasteiger charge is 2.21. The van der Waals surface area contributed by atoms with Crippen molar-refractivity contribution < 1.29 is 4.42 Å². The van der Waals surface area contributed by atoms with Gasteiger partial charge in [-0.2, -0.15) is 5.26 Å². The van der Waals surface area contributed by atoms with E-state index >= 15 is 0 Å². The van der Waals surface area contributed by atoms with Crippen molar-refractivity contribution in [1.29, 1.82) is 5.26 Å². The van der Waals surface area contributed by atoms with Crippen molar-refractivity contribution in [3.05, 3.63) is 45.6 Å². The number of aromatic nitrogens is 3. The van der Waals surface area contributed by atoms with E-state index in [2.05, 4.69) is 10.1 Å². The van der Waals surface area contributed by atoms with Crippen molar-refractivity contribution in [1.82, 2.24) is 14.6 Å². The number of nitrogens with zero attached hydrogens (tertiary/aromatic N) is 3. The summed E-state index contributed by atoms with van der Waals surface area (Å²) in [5.74, 6) is 1.27. The molecule has 0 atom stereocenters. The van der Waals surface area contributed by atoms with Crippen molar-refractivity contribution in [3.63, 3.8) is 0 Å². The van der Waals surface area contributed by atoms with Crippen LogP contribution in [0.25, 0.3) is 17.1 Å². The lowest BCUT2D eigenvalue weighted by molar-refractivity contribution is 0.544. The molecule has 0 spiro atoms. The molecule has 6 heteroatoms. The Morgan fingerprint density at radius 3 is 2.76 bits per heavy atom. The third-order valence-electron chi connectivity index (χ3n) is 3.37. The van der Waals surface area contributed by atoms with Gasteiger partial charge in [0.25, 0.3) is 5.56 Å². The molecule has 106 valence electrons. The Kier molecular flexibility index (Phi) is 2.91. The molecule has 3 rings (SSSR count). The van der Waals surface area contributed by atoms with Gasteiger partial charge in [-0.25, -0.2) is 9.50 Å². The van der Waals surface area contributed by atoms with Crippen molar-refractivity contribution >= 4 is 5.65 Å². The Morgan fingerprint density at radius 2 is 2.19 bits per heavy atom. The highest BCUT2D eigenvalue weighted by Crippen LogP contribution is 2.27. The minimum atomic E-state index is -0.208. The molecule has 0 aliphatic carbocycles. The van der Waals surface area contributed by atoms with Crippen LogP contribution in [0.1, 0.15) is 36.7 Å². The number of nitrogens with one attached hydrogen (secondary N) is 1. The van der Waals surface area contributed by atoms with Gasteiger partial charge in [0, 0.05) is 6.20 Å². The maximum absolute atomic E-state index is 12.6. The van der Waals surface area contributed by atoms with Crippen molar-refractivity contribution in [3.8, 4) is 17.5 Å². The largest absolute Gasteiger partial charge is 0.460 e. The van der Waals surface area contributed by atoms with Crippen LogP contribution in [-0.4, -0.2) is 14.6 Å². The summed E-state index contributed by atoms with van der Waals surface area (Å²) in [5.41, 5.74) is 1.50. The molecule has 0 fully saturated rings. The van der Waals surface area contributed by atoms with Gasteiger partial charge in [0.05, 0.1) is 5.56 Å². The van der Waals surface area contributed by atoms with Crippen LogP contribution in [0.4, 0.5) is 0 Å². The van der Waals surface area contributed by atoms with Gasteiger partial charge in [-0.15, -0.1) is 0 Å². The minimum absolute atomic E-state index is 0.0175. The number of furan rings is 1. The zero-order valence-electron chi connectivity index (χ0n) is 12.0. The fourth-order valence-corrected chi connectivity index (χ4v) is 2.38. The summed E-state index contributed by atoms with van der Waals surface area (Å²) in [5, 5.41) is 11.9. The molecule has 0 saturated carbocycles. The zero-order chi connectivity index (χ0) is 15.1. The number of hydrogen-bond acceptors (Lipinski definition) is 4. The average molecular weight is 282 g/mol. The summed E-state index contributed by atoms with van der Waals surface area (Å²) in [4.78, 5) is 17.1. The first-order valence-electron chi connectivity index (χ1n) is 6.64. The number of aryl methyl sites for hydroxylation is 1. The third kappa shape index (κ3) is 1.94. The fraction of sp³-hybridized carbons (Fsp3) is 0.267. The zero-order valence-corrected chi connectivity index (χ0v) is 12.0. The average Bonchev–Trinajstić information content (AvgIpc) is 3.03. The molecule has 0 bridgehead atoms. The summed E-state index contributed by atoms with van der Waals surface area (Å²) in [6.45, 7) is 5.69. The van der Waals surface area contributed by atoms with E-state index in [1.54, 1.807) is 6.07 Å². The Bertz CT molecular complexity index is 921. The van der Waals surface area contributed by atoms with Crippen LogP contribution in [0.2, 0.25) is 0 Å². The Balaban J connectivity index is 2.44. The van der Waals surface area contributed by atoms with E-state index in [1.165, 1.54) is 10.7 Å². The third-order valence-corrected chi connectivity index (χ3v) is 3.37. The van der Waals surface area contributed by atoms with E-state index in [0.29, 0.717) is 28.2 Å². The molecule has 3 aromatic heterocycles. The van der Waals surface area contributed by atoms with Crippen molar-refractivity contribution in [2.45, 2.75) is 26.7 Å². The molecule has 0 aliphatic rings. The second kappa shape index (κ2) is 4.63. The molecule has 0 radical (unpaired) electrons. The topological polar surface area (TPSA) is 87.1 Å². The summed E-state index contributed by atoms with van der Waals surface area (Å²) in [6, 6.07) is 5.64. The van der Waals surface area contributed by atoms with Gasteiger partial charge in [-0.1, -0.05) is 13.8 Å². The van der Waals surface area contributed by atoms with Crippen LogP contribution >= 0.6 is 0 Å². The van der Waals surface area contributed by atoms with Gasteiger partial charge in [0.1, 0.15) is 23.1 Å². The van der Waals surface area contributed by atoms with Gasteiger partial charge in [0.15, 0.2) is 11.4 Å². The molecule has 6 nitrogen and oxygen atoms in total. The molecule has 0 saturated heterocycles. The van der Waals surface area contributed by atoms with Gasteiger partial charge in [-0.05, 0) is 25.0 Å². The van der Waals surface area contributed by atoms with E-state index in [0.717, 1.165) is 5.76 Å². The highest BCUT2D eigenvalue weighted by atomic mass is 16.3. The Labute approximate surface area is 120 Å². The van der Waals surface area contributed by atoms with Crippen molar-refractivity contribution in [2.75, 3.05) is 0 Å². The van der Waals surface area contributed by atoms with E-state index in [1.807, 2.05) is 32.9 Å². The predicted molar refractivity (Wildman–Crippen MR) is 77.1 cm³/mol. The standard InChI is InChI=1S/C15H14N4O2/c1-8(2)12-13(11-5-4-9(3)21-11)18-14-10(6-16)7-17-19(14)15(12)20/h4-5,7-8,17H,1-3H3. The molecule has 21 heavy (non-hydrogen) atoms. The number of nitriles is 1. The number of rotatable bonds is 2.